The number of nitro benzene ring substituents is 1. The number of nitrogens with zero attached hydrogens (tertiary/aromatic N) is 2. The van der Waals surface area contributed by atoms with Crippen molar-refractivity contribution in [1.82, 2.24) is 0 Å². The van der Waals surface area contributed by atoms with E-state index in [2.05, 4.69) is 10.6 Å². The first-order valence-electron chi connectivity index (χ1n) is 6.79. The summed E-state index contributed by atoms with van der Waals surface area (Å²) < 4.78 is 0. The smallest absolute Gasteiger partial charge is 0.271 e. The van der Waals surface area contributed by atoms with Gasteiger partial charge in [0.2, 0.25) is 0 Å². The molecule has 7 nitrogen and oxygen atoms in total. The van der Waals surface area contributed by atoms with E-state index in [4.69, 9.17) is 28.5 Å². The molecule has 0 aliphatic heterocycles. The molecule has 0 saturated carbocycles. The molecule has 0 radical (unpaired) electrons. The van der Waals surface area contributed by atoms with Crippen LogP contribution in [0.2, 0.25) is 10.0 Å². The number of hydrogen-bond acceptors (Lipinski definition) is 5. The van der Waals surface area contributed by atoms with Gasteiger partial charge < -0.3 is 10.6 Å². The van der Waals surface area contributed by atoms with Crippen LogP contribution in [0.4, 0.5) is 17.1 Å². The summed E-state index contributed by atoms with van der Waals surface area (Å²) in [4.78, 5) is 22.3. The summed E-state index contributed by atoms with van der Waals surface area (Å²) in [5.41, 5.74) is 0.192. The zero-order valence-electron chi connectivity index (χ0n) is 12.5. The van der Waals surface area contributed by atoms with Gasteiger partial charge in [-0.15, -0.1) is 0 Å². The summed E-state index contributed by atoms with van der Waals surface area (Å²) in [5, 5.41) is 25.6. The third-order valence-electron chi connectivity index (χ3n) is 3.00. The summed E-state index contributed by atoms with van der Waals surface area (Å²) in [6.45, 7) is 0. The van der Waals surface area contributed by atoms with Crippen molar-refractivity contribution in [2.45, 2.75) is 0 Å². The third kappa shape index (κ3) is 4.70. The predicted molar refractivity (Wildman–Crippen MR) is 95.5 cm³/mol. The Morgan fingerprint density at radius 3 is 2.64 bits per heavy atom. The van der Waals surface area contributed by atoms with Crippen LogP contribution in [-0.4, -0.2) is 10.8 Å². The highest BCUT2D eigenvalue weighted by molar-refractivity contribution is 6.43. The normalized spacial score (nSPS) is 10.7. The van der Waals surface area contributed by atoms with E-state index in [0.717, 1.165) is 0 Å². The molecule has 0 fully saturated rings. The lowest BCUT2D eigenvalue weighted by atomic mass is 10.2. The molecule has 0 aliphatic carbocycles. The maximum Gasteiger partial charge on any atom is 0.271 e. The van der Waals surface area contributed by atoms with Gasteiger partial charge in [-0.1, -0.05) is 35.3 Å². The van der Waals surface area contributed by atoms with Gasteiger partial charge in [0.1, 0.15) is 11.6 Å². The zero-order chi connectivity index (χ0) is 18.4. The number of nitrogens with one attached hydrogen (secondary N) is 2. The zero-order valence-corrected chi connectivity index (χ0v) is 14.0. The van der Waals surface area contributed by atoms with Crippen molar-refractivity contribution in [1.29, 1.82) is 5.26 Å². The molecule has 0 unspecified atom stereocenters. The number of nitro groups is 1. The number of nitriles is 1. The van der Waals surface area contributed by atoms with E-state index < -0.39 is 10.8 Å². The number of amides is 1. The van der Waals surface area contributed by atoms with Crippen LogP contribution >= 0.6 is 23.2 Å². The first kappa shape index (κ1) is 18.3. The van der Waals surface area contributed by atoms with E-state index in [0.29, 0.717) is 10.7 Å². The summed E-state index contributed by atoms with van der Waals surface area (Å²) in [6, 6.07) is 12.0. The second-order valence-electron chi connectivity index (χ2n) is 4.68. The summed E-state index contributed by atoms with van der Waals surface area (Å²) in [5.74, 6) is -0.728. The molecule has 0 atom stereocenters. The number of non-ortho nitro benzene ring substituents is 1. The van der Waals surface area contributed by atoms with E-state index in [1.165, 1.54) is 30.5 Å². The van der Waals surface area contributed by atoms with Crippen molar-refractivity contribution in [2.75, 3.05) is 10.6 Å². The standard InChI is InChI=1S/C16H10Cl2N4O3/c17-13-5-2-6-14(15(13)18)20-9-10(8-19)16(23)21-11-3-1-4-12(7-11)22(24)25/h1-7,9,20H,(H,21,23)/b10-9-. The van der Waals surface area contributed by atoms with Gasteiger partial charge in [-0.3, -0.25) is 14.9 Å². The van der Waals surface area contributed by atoms with Gasteiger partial charge >= 0.3 is 0 Å². The molecule has 0 aromatic heterocycles. The molecule has 2 aromatic carbocycles. The van der Waals surface area contributed by atoms with E-state index in [9.17, 15) is 14.9 Å². The first-order chi connectivity index (χ1) is 11.9. The average Bonchev–Trinajstić information content (AvgIpc) is 2.59. The van der Waals surface area contributed by atoms with Crippen molar-refractivity contribution in [3.63, 3.8) is 0 Å². The van der Waals surface area contributed by atoms with Gasteiger partial charge in [0.05, 0.1) is 20.7 Å². The molecule has 0 saturated heterocycles. The predicted octanol–water partition coefficient (Wildman–Crippen LogP) is 4.36. The Kier molecular flexibility index (Phi) is 5.95. The van der Waals surface area contributed by atoms with Crippen molar-refractivity contribution < 1.29 is 9.72 Å². The van der Waals surface area contributed by atoms with Gasteiger partial charge in [-0.25, -0.2) is 0 Å². The SMILES string of the molecule is N#C/C(=C/Nc1cccc(Cl)c1Cl)C(=O)Nc1cccc([N+](=O)[O-])c1. The minimum Gasteiger partial charge on any atom is -0.359 e. The fourth-order valence-electron chi connectivity index (χ4n) is 1.81. The molecular formula is C16H10Cl2N4O3. The number of anilines is 2. The van der Waals surface area contributed by atoms with Crippen molar-refractivity contribution in [3.8, 4) is 6.07 Å². The lowest BCUT2D eigenvalue weighted by Crippen LogP contribution is -2.14. The Morgan fingerprint density at radius 1 is 1.24 bits per heavy atom. The van der Waals surface area contributed by atoms with Crippen molar-refractivity contribution in [2.24, 2.45) is 0 Å². The van der Waals surface area contributed by atoms with Gasteiger partial charge in [-0.05, 0) is 18.2 Å². The summed E-state index contributed by atoms with van der Waals surface area (Å²) in [7, 11) is 0. The lowest BCUT2D eigenvalue weighted by Gasteiger charge is -2.07. The number of rotatable bonds is 5. The second kappa shape index (κ2) is 8.15. The fourth-order valence-corrected chi connectivity index (χ4v) is 2.16. The highest BCUT2D eigenvalue weighted by Gasteiger charge is 2.12. The number of halogens is 2. The van der Waals surface area contributed by atoms with Gasteiger partial charge in [-0.2, -0.15) is 5.26 Å². The van der Waals surface area contributed by atoms with Crippen LogP contribution in [0.1, 0.15) is 0 Å². The van der Waals surface area contributed by atoms with Crippen LogP contribution in [0.25, 0.3) is 0 Å². The average molecular weight is 377 g/mol. The Labute approximate surface area is 152 Å². The molecule has 1 amide bonds. The highest BCUT2D eigenvalue weighted by Crippen LogP contribution is 2.29. The van der Waals surface area contributed by atoms with E-state index in [-0.39, 0.29) is 22.0 Å². The highest BCUT2D eigenvalue weighted by atomic mass is 35.5. The molecule has 126 valence electrons. The van der Waals surface area contributed by atoms with Gasteiger partial charge in [0, 0.05) is 24.0 Å². The van der Waals surface area contributed by atoms with Crippen LogP contribution in [-0.2, 0) is 4.79 Å². The number of carbonyl (C=O) groups is 1. The van der Waals surface area contributed by atoms with Crippen LogP contribution in [0.5, 0.6) is 0 Å². The lowest BCUT2D eigenvalue weighted by molar-refractivity contribution is -0.384. The minimum absolute atomic E-state index is 0.177. The maximum absolute atomic E-state index is 12.1. The second-order valence-corrected chi connectivity index (χ2v) is 5.46. The molecule has 9 heteroatoms. The van der Waals surface area contributed by atoms with Gasteiger partial charge in [0.15, 0.2) is 0 Å². The third-order valence-corrected chi connectivity index (χ3v) is 3.82. The van der Waals surface area contributed by atoms with Crippen LogP contribution < -0.4 is 10.6 Å². The quantitative estimate of drug-likeness (QED) is 0.348. The largest absolute Gasteiger partial charge is 0.359 e. The Morgan fingerprint density at radius 2 is 1.96 bits per heavy atom. The monoisotopic (exact) mass is 376 g/mol. The number of hydrogen-bond donors (Lipinski definition) is 2. The molecule has 0 bridgehead atoms. The van der Waals surface area contributed by atoms with E-state index in [1.54, 1.807) is 24.3 Å². The topological polar surface area (TPSA) is 108 Å². The molecular weight excluding hydrogens is 367 g/mol. The summed E-state index contributed by atoms with van der Waals surface area (Å²) in [6.07, 6.45) is 1.17. The van der Waals surface area contributed by atoms with Crippen molar-refractivity contribution >= 4 is 46.2 Å². The Balaban J connectivity index is 2.16. The first-order valence-corrected chi connectivity index (χ1v) is 7.54. The summed E-state index contributed by atoms with van der Waals surface area (Å²) >= 11 is 11.9. The van der Waals surface area contributed by atoms with Crippen molar-refractivity contribution in [3.05, 3.63) is 74.4 Å². The Hall–Kier alpha value is -3.08. The van der Waals surface area contributed by atoms with E-state index >= 15 is 0 Å². The molecule has 0 heterocycles. The van der Waals surface area contributed by atoms with Crippen LogP contribution in [0.3, 0.4) is 0 Å². The molecule has 2 N–H and O–H groups in total. The Bertz CT molecular complexity index is 906. The van der Waals surface area contributed by atoms with E-state index in [1.807, 2.05) is 0 Å². The number of carbonyl (C=O) groups excluding carboxylic acids is 1. The minimum atomic E-state index is -0.728. The van der Waals surface area contributed by atoms with Gasteiger partial charge in [0.25, 0.3) is 11.6 Å². The molecule has 0 aliphatic rings. The fraction of sp³-hybridized carbons (Fsp3) is 0. The maximum atomic E-state index is 12.1. The molecule has 0 spiro atoms. The number of benzene rings is 2. The molecule has 2 rings (SSSR count). The van der Waals surface area contributed by atoms with Crippen LogP contribution in [0, 0.1) is 21.4 Å². The van der Waals surface area contributed by atoms with Crippen LogP contribution in [0.15, 0.2) is 54.2 Å². The molecule has 2 aromatic rings. The molecule has 25 heavy (non-hydrogen) atoms.